The van der Waals surface area contributed by atoms with Crippen LogP contribution in [-0.4, -0.2) is 60.9 Å². The van der Waals surface area contributed by atoms with Crippen LogP contribution < -0.4 is 10.6 Å². The summed E-state index contributed by atoms with van der Waals surface area (Å²) in [4.78, 5) is 21.6. The number of aliphatic imine (C=N–C) groups is 1. The summed E-state index contributed by atoms with van der Waals surface area (Å²) in [5, 5.41) is 6.92. The van der Waals surface area contributed by atoms with Crippen LogP contribution in [0.1, 0.15) is 63.5 Å². The lowest BCUT2D eigenvalue weighted by Crippen LogP contribution is -2.49. The molecule has 0 radical (unpaired) electrons. The molecular weight excluding hydrogens is 386 g/mol. The summed E-state index contributed by atoms with van der Waals surface area (Å²) in [6.45, 7) is 10.2. The zero-order valence-electron chi connectivity index (χ0n) is 19.7. The van der Waals surface area contributed by atoms with Crippen molar-refractivity contribution in [1.29, 1.82) is 0 Å². The first-order chi connectivity index (χ1) is 15.1. The van der Waals surface area contributed by atoms with Crippen LogP contribution in [0.4, 0.5) is 0 Å². The fourth-order valence-electron chi connectivity index (χ4n) is 4.75. The van der Waals surface area contributed by atoms with Gasteiger partial charge in [0.25, 0.3) is 0 Å². The van der Waals surface area contributed by atoms with E-state index in [4.69, 9.17) is 0 Å². The fraction of sp³-hybridized carbons (Fsp3) is 0.680. The molecule has 1 saturated heterocycles. The minimum Gasteiger partial charge on any atom is -0.356 e. The van der Waals surface area contributed by atoms with E-state index < -0.39 is 0 Å². The Morgan fingerprint density at radius 2 is 1.68 bits per heavy atom. The molecular formula is C25H41N5O. The molecule has 1 aromatic carbocycles. The van der Waals surface area contributed by atoms with Crippen LogP contribution >= 0.6 is 0 Å². The molecule has 0 aromatic heterocycles. The Morgan fingerprint density at radius 3 is 2.26 bits per heavy atom. The first kappa shape index (κ1) is 23.6. The number of nitrogens with zero attached hydrogens (tertiary/aromatic N) is 3. The highest BCUT2D eigenvalue weighted by Crippen LogP contribution is 2.23. The monoisotopic (exact) mass is 427 g/mol. The molecule has 2 heterocycles. The molecule has 1 amide bonds. The highest BCUT2D eigenvalue weighted by Gasteiger charge is 2.24. The molecule has 2 N–H and O–H groups in total. The maximum Gasteiger partial charge on any atom is 0.223 e. The number of carbonyl (C=O) groups is 1. The van der Waals surface area contributed by atoms with E-state index in [2.05, 4.69) is 46.5 Å². The number of nitrogens with one attached hydrogen (secondary N) is 2. The number of fused-ring (bicyclic) bond motifs is 1. The smallest absolute Gasteiger partial charge is 0.223 e. The molecule has 1 unspecified atom stereocenters. The quantitative estimate of drug-likeness (QED) is 0.379. The van der Waals surface area contributed by atoms with Gasteiger partial charge < -0.3 is 15.5 Å². The number of carbonyl (C=O) groups excluding carboxylic acids is 1. The maximum absolute atomic E-state index is 12.6. The van der Waals surface area contributed by atoms with Crippen LogP contribution in [0.3, 0.4) is 0 Å². The van der Waals surface area contributed by atoms with E-state index >= 15 is 0 Å². The van der Waals surface area contributed by atoms with Crippen molar-refractivity contribution in [2.24, 2.45) is 10.9 Å². The van der Waals surface area contributed by atoms with Gasteiger partial charge in [-0.15, -0.1) is 0 Å². The van der Waals surface area contributed by atoms with Crippen LogP contribution in [0, 0.1) is 5.92 Å². The van der Waals surface area contributed by atoms with E-state index in [1.54, 1.807) is 0 Å². The van der Waals surface area contributed by atoms with Crippen molar-refractivity contribution in [1.82, 2.24) is 20.4 Å². The largest absolute Gasteiger partial charge is 0.356 e. The molecule has 1 fully saturated rings. The molecule has 2 aliphatic rings. The summed E-state index contributed by atoms with van der Waals surface area (Å²) in [6, 6.07) is 8.86. The summed E-state index contributed by atoms with van der Waals surface area (Å²) in [5.41, 5.74) is 2.56. The van der Waals surface area contributed by atoms with Crippen molar-refractivity contribution >= 4 is 11.9 Å². The summed E-state index contributed by atoms with van der Waals surface area (Å²) < 4.78 is 0. The molecule has 1 aromatic rings. The Balaban J connectivity index is 1.36. The average Bonchev–Trinajstić information content (AvgIpc) is 3.03. The summed E-state index contributed by atoms with van der Waals surface area (Å²) >= 11 is 0. The van der Waals surface area contributed by atoms with Crippen molar-refractivity contribution in [2.75, 3.05) is 33.2 Å². The molecule has 0 saturated carbocycles. The SMILES string of the molecule is CN=C(NCCCC(=O)N1Cc2ccccc2C1)NCC(C(C)C)N1CCCCCC1. The molecule has 31 heavy (non-hydrogen) atoms. The summed E-state index contributed by atoms with van der Waals surface area (Å²) in [6.07, 6.45) is 6.73. The second-order valence-corrected chi connectivity index (χ2v) is 9.26. The minimum atomic E-state index is 0.238. The van der Waals surface area contributed by atoms with Gasteiger partial charge in [-0.05, 0) is 49.4 Å². The van der Waals surface area contributed by atoms with E-state index in [-0.39, 0.29) is 5.91 Å². The lowest BCUT2D eigenvalue weighted by atomic mass is 10.0. The highest BCUT2D eigenvalue weighted by molar-refractivity contribution is 5.80. The standard InChI is InChI=1S/C25H41N5O/c1-20(2)23(29-15-8-4-5-9-16-29)17-28-25(26-3)27-14-10-13-24(31)30-18-21-11-6-7-12-22(21)19-30/h6-7,11-12,20,23H,4-5,8-10,13-19H2,1-3H3,(H2,26,27,28). The van der Waals surface area contributed by atoms with Gasteiger partial charge in [-0.3, -0.25) is 14.7 Å². The predicted molar refractivity (Wildman–Crippen MR) is 128 cm³/mol. The molecule has 0 aliphatic carbocycles. The number of likely N-dealkylation sites (tertiary alicyclic amines) is 1. The topological polar surface area (TPSA) is 60.0 Å². The van der Waals surface area contributed by atoms with E-state index in [9.17, 15) is 4.79 Å². The summed E-state index contributed by atoms with van der Waals surface area (Å²) in [5.74, 6) is 1.68. The minimum absolute atomic E-state index is 0.238. The molecule has 172 valence electrons. The molecule has 2 aliphatic heterocycles. The van der Waals surface area contributed by atoms with Crippen molar-refractivity contribution in [2.45, 2.75) is 71.5 Å². The van der Waals surface area contributed by atoms with Gasteiger partial charge in [-0.1, -0.05) is 51.0 Å². The third-order valence-corrected chi connectivity index (χ3v) is 6.63. The van der Waals surface area contributed by atoms with Gasteiger partial charge in [-0.25, -0.2) is 0 Å². The Morgan fingerprint density at radius 1 is 1.03 bits per heavy atom. The number of rotatable bonds is 8. The van der Waals surface area contributed by atoms with Gasteiger partial charge in [0, 0.05) is 45.7 Å². The van der Waals surface area contributed by atoms with Gasteiger partial charge >= 0.3 is 0 Å². The summed E-state index contributed by atoms with van der Waals surface area (Å²) in [7, 11) is 1.82. The Kier molecular flexibility index (Phi) is 9.19. The van der Waals surface area contributed by atoms with Crippen molar-refractivity contribution in [3.05, 3.63) is 35.4 Å². The highest BCUT2D eigenvalue weighted by atomic mass is 16.2. The van der Waals surface area contributed by atoms with Crippen LogP contribution in [0.2, 0.25) is 0 Å². The maximum atomic E-state index is 12.6. The predicted octanol–water partition coefficient (Wildman–Crippen LogP) is 3.37. The molecule has 0 spiro atoms. The van der Waals surface area contributed by atoms with E-state index in [1.165, 1.54) is 49.9 Å². The second-order valence-electron chi connectivity index (χ2n) is 9.26. The van der Waals surface area contributed by atoms with Crippen LogP contribution in [0.5, 0.6) is 0 Å². The van der Waals surface area contributed by atoms with Crippen LogP contribution in [0.15, 0.2) is 29.3 Å². The Hall–Kier alpha value is -2.08. The first-order valence-corrected chi connectivity index (χ1v) is 12.1. The molecule has 0 bridgehead atoms. The van der Waals surface area contributed by atoms with Crippen LogP contribution in [-0.2, 0) is 17.9 Å². The van der Waals surface area contributed by atoms with E-state index in [0.717, 1.165) is 38.6 Å². The van der Waals surface area contributed by atoms with Gasteiger partial charge in [0.05, 0.1) is 0 Å². The van der Waals surface area contributed by atoms with Crippen LogP contribution in [0.25, 0.3) is 0 Å². The third-order valence-electron chi connectivity index (χ3n) is 6.63. The zero-order valence-corrected chi connectivity index (χ0v) is 19.7. The zero-order chi connectivity index (χ0) is 22.1. The van der Waals surface area contributed by atoms with Gasteiger partial charge in [-0.2, -0.15) is 0 Å². The molecule has 1 atom stereocenters. The van der Waals surface area contributed by atoms with Crippen molar-refractivity contribution in [3.8, 4) is 0 Å². The van der Waals surface area contributed by atoms with Gasteiger partial charge in [0.1, 0.15) is 0 Å². The number of hydrogen-bond acceptors (Lipinski definition) is 3. The van der Waals surface area contributed by atoms with Gasteiger partial charge in [0.2, 0.25) is 5.91 Å². The number of benzene rings is 1. The van der Waals surface area contributed by atoms with E-state index in [0.29, 0.717) is 18.4 Å². The average molecular weight is 428 g/mol. The van der Waals surface area contributed by atoms with Crippen molar-refractivity contribution < 1.29 is 4.79 Å². The lowest BCUT2D eigenvalue weighted by molar-refractivity contribution is -0.131. The lowest BCUT2D eigenvalue weighted by Gasteiger charge is -2.34. The first-order valence-electron chi connectivity index (χ1n) is 12.1. The second kappa shape index (κ2) is 12.1. The number of guanidine groups is 1. The van der Waals surface area contributed by atoms with Crippen molar-refractivity contribution in [3.63, 3.8) is 0 Å². The van der Waals surface area contributed by atoms with E-state index in [1.807, 2.05) is 24.1 Å². The molecule has 6 nitrogen and oxygen atoms in total. The fourth-order valence-corrected chi connectivity index (χ4v) is 4.75. The van der Waals surface area contributed by atoms with Gasteiger partial charge in [0.15, 0.2) is 5.96 Å². The Bertz CT molecular complexity index is 699. The number of amides is 1. The third kappa shape index (κ3) is 6.96. The number of hydrogen-bond donors (Lipinski definition) is 2. The molecule has 6 heteroatoms. The Labute approximate surface area is 188 Å². The normalized spacial score (nSPS) is 18.6. The molecule has 3 rings (SSSR count).